The zero-order valence-corrected chi connectivity index (χ0v) is 12.0. The highest BCUT2D eigenvalue weighted by Crippen LogP contribution is 2.19. The van der Waals surface area contributed by atoms with Gasteiger partial charge in [-0.05, 0) is 18.4 Å². The second kappa shape index (κ2) is 8.35. The van der Waals surface area contributed by atoms with Crippen LogP contribution in [-0.2, 0) is 20.7 Å². The summed E-state index contributed by atoms with van der Waals surface area (Å²) in [6, 6.07) is 9.33. The highest BCUT2D eigenvalue weighted by Gasteiger charge is 2.31. The van der Waals surface area contributed by atoms with Crippen LogP contribution in [0.4, 0.5) is 0 Å². The highest BCUT2D eigenvalue weighted by molar-refractivity contribution is 5.81. The first kappa shape index (κ1) is 16.2. The Kier molecular flexibility index (Phi) is 6.77. The Balaban J connectivity index is 2.65. The van der Waals surface area contributed by atoms with Gasteiger partial charge in [0.25, 0.3) is 0 Å². The molecular formula is C16H22O4. The van der Waals surface area contributed by atoms with Crippen molar-refractivity contribution < 1.29 is 19.4 Å². The molecule has 0 aliphatic carbocycles. The van der Waals surface area contributed by atoms with Crippen molar-refractivity contribution in [3.63, 3.8) is 0 Å². The van der Waals surface area contributed by atoms with Crippen LogP contribution in [0.15, 0.2) is 30.3 Å². The summed E-state index contributed by atoms with van der Waals surface area (Å²) in [6.45, 7) is 3.99. The van der Waals surface area contributed by atoms with Gasteiger partial charge in [-0.2, -0.15) is 0 Å². The number of aliphatic carboxylic acids is 1. The maximum atomic E-state index is 11.9. The van der Waals surface area contributed by atoms with E-state index in [4.69, 9.17) is 4.74 Å². The van der Waals surface area contributed by atoms with Gasteiger partial charge < -0.3 is 9.84 Å². The van der Waals surface area contributed by atoms with Crippen LogP contribution in [0.25, 0.3) is 0 Å². The fraction of sp³-hybridized carbons (Fsp3) is 0.500. The molecule has 110 valence electrons. The van der Waals surface area contributed by atoms with E-state index < -0.39 is 23.8 Å². The van der Waals surface area contributed by atoms with Crippen LogP contribution in [-0.4, -0.2) is 23.7 Å². The number of ether oxygens (including phenoxy) is 1. The minimum Gasteiger partial charge on any atom is -0.481 e. The number of benzene rings is 1. The van der Waals surface area contributed by atoms with E-state index >= 15 is 0 Å². The average molecular weight is 278 g/mol. The number of carbonyl (C=O) groups excluding carboxylic acids is 1. The fourth-order valence-electron chi connectivity index (χ4n) is 1.96. The lowest BCUT2D eigenvalue weighted by atomic mass is 9.88. The summed E-state index contributed by atoms with van der Waals surface area (Å²) >= 11 is 0. The van der Waals surface area contributed by atoms with Crippen molar-refractivity contribution in [1.82, 2.24) is 0 Å². The molecular weight excluding hydrogens is 256 g/mol. The molecule has 0 spiro atoms. The Morgan fingerprint density at radius 3 is 2.45 bits per heavy atom. The molecule has 0 radical (unpaired) electrons. The van der Waals surface area contributed by atoms with Gasteiger partial charge in [-0.15, -0.1) is 0 Å². The molecule has 0 aliphatic heterocycles. The zero-order valence-electron chi connectivity index (χ0n) is 12.0. The molecule has 0 bridgehead atoms. The van der Waals surface area contributed by atoms with Crippen LogP contribution in [0.2, 0.25) is 0 Å². The number of hydrogen-bond donors (Lipinski definition) is 1. The minimum atomic E-state index is -0.964. The summed E-state index contributed by atoms with van der Waals surface area (Å²) in [7, 11) is 0. The fourth-order valence-corrected chi connectivity index (χ4v) is 1.96. The highest BCUT2D eigenvalue weighted by atomic mass is 16.5. The Bertz CT molecular complexity index is 427. The topological polar surface area (TPSA) is 63.6 Å². The molecule has 1 aromatic rings. The summed E-state index contributed by atoms with van der Waals surface area (Å²) in [5.74, 6) is -2.80. The van der Waals surface area contributed by atoms with Gasteiger partial charge >= 0.3 is 11.9 Å². The first-order chi connectivity index (χ1) is 9.56. The predicted octanol–water partition coefficient (Wildman–Crippen LogP) is 2.91. The molecule has 0 saturated carbocycles. The van der Waals surface area contributed by atoms with Crippen molar-refractivity contribution in [2.24, 2.45) is 11.8 Å². The number of carboxylic acid groups (broad SMARTS) is 1. The van der Waals surface area contributed by atoms with Crippen LogP contribution in [0, 0.1) is 11.8 Å². The number of carbonyl (C=O) groups is 2. The van der Waals surface area contributed by atoms with Crippen LogP contribution in [0.1, 0.15) is 32.3 Å². The van der Waals surface area contributed by atoms with E-state index in [1.54, 1.807) is 6.92 Å². The molecule has 1 N–H and O–H groups in total. The first-order valence-corrected chi connectivity index (χ1v) is 6.99. The van der Waals surface area contributed by atoms with Crippen LogP contribution in [0.5, 0.6) is 0 Å². The number of esters is 1. The maximum Gasteiger partial charge on any atom is 0.309 e. The second-order valence-corrected chi connectivity index (χ2v) is 4.94. The number of rotatable bonds is 8. The van der Waals surface area contributed by atoms with Gasteiger partial charge in [0.15, 0.2) is 0 Å². The van der Waals surface area contributed by atoms with Crippen LogP contribution < -0.4 is 0 Å². The molecule has 0 unspecified atom stereocenters. The molecule has 4 heteroatoms. The SMILES string of the molecule is CCCCOC(=O)[C@@H](C)[C@@H](Cc1ccccc1)C(=O)O. The molecule has 1 rings (SSSR count). The normalized spacial score (nSPS) is 13.5. The molecule has 20 heavy (non-hydrogen) atoms. The Morgan fingerprint density at radius 2 is 1.90 bits per heavy atom. The van der Waals surface area contributed by atoms with Crippen molar-refractivity contribution in [1.29, 1.82) is 0 Å². The standard InChI is InChI=1S/C16H22O4/c1-3-4-10-20-16(19)12(2)14(15(17)18)11-13-8-6-5-7-9-13/h5-9,12,14H,3-4,10-11H2,1-2H3,(H,17,18)/t12-,14+/m0/s1. The third kappa shape index (κ3) is 5.03. The van der Waals surface area contributed by atoms with Crippen LogP contribution >= 0.6 is 0 Å². The molecule has 0 fully saturated rings. The van der Waals surface area contributed by atoms with Crippen molar-refractivity contribution in [3.05, 3.63) is 35.9 Å². The summed E-state index contributed by atoms with van der Waals surface area (Å²) in [5.41, 5.74) is 0.910. The zero-order chi connectivity index (χ0) is 15.0. The summed E-state index contributed by atoms with van der Waals surface area (Å²) in [6.07, 6.45) is 2.07. The van der Waals surface area contributed by atoms with Crippen LogP contribution in [0.3, 0.4) is 0 Å². The average Bonchev–Trinajstić information content (AvgIpc) is 2.45. The van der Waals surface area contributed by atoms with E-state index in [1.165, 1.54) is 0 Å². The largest absolute Gasteiger partial charge is 0.481 e. The van der Waals surface area contributed by atoms with Gasteiger partial charge in [0.05, 0.1) is 18.4 Å². The van der Waals surface area contributed by atoms with Gasteiger partial charge in [-0.1, -0.05) is 50.6 Å². The Hall–Kier alpha value is -1.84. The third-order valence-electron chi connectivity index (χ3n) is 3.33. The smallest absolute Gasteiger partial charge is 0.309 e. The summed E-state index contributed by atoms with van der Waals surface area (Å²) in [5, 5.41) is 9.32. The Labute approximate surface area is 119 Å². The molecule has 1 aromatic carbocycles. The summed E-state index contributed by atoms with van der Waals surface area (Å²) in [4.78, 5) is 23.2. The van der Waals surface area contributed by atoms with E-state index in [1.807, 2.05) is 37.3 Å². The first-order valence-electron chi connectivity index (χ1n) is 6.99. The van der Waals surface area contributed by atoms with Crippen molar-refractivity contribution in [2.45, 2.75) is 33.1 Å². The number of unbranched alkanes of at least 4 members (excludes halogenated alkanes) is 1. The maximum absolute atomic E-state index is 11.9. The van der Waals surface area contributed by atoms with Crippen molar-refractivity contribution in [2.75, 3.05) is 6.61 Å². The predicted molar refractivity (Wildman–Crippen MR) is 76.3 cm³/mol. The van der Waals surface area contributed by atoms with Crippen molar-refractivity contribution >= 4 is 11.9 Å². The number of hydrogen-bond acceptors (Lipinski definition) is 3. The monoisotopic (exact) mass is 278 g/mol. The van der Waals surface area contributed by atoms with E-state index in [0.717, 1.165) is 18.4 Å². The van der Waals surface area contributed by atoms with E-state index in [2.05, 4.69) is 0 Å². The van der Waals surface area contributed by atoms with Gasteiger partial charge in [0, 0.05) is 0 Å². The summed E-state index contributed by atoms with van der Waals surface area (Å²) < 4.78 is 5.11. The lowest BCUT2D eigenvalue weighted by molar-refractivity contribution is -0.157. The number of carboxylic acids is 1. The van der Waals surface area contributed by atoms with E-state index in [0.29, 0.717) is 13.0 Å². The second-order valence-electron chi connectivity index (χ2n) is 4.94. The van der Waals surface area contributed by atoms with Gasteiger partial charge in [0.2, 0.25) is 0 Å². The molecule has 0 heterocycles. The van der Waals surface area contributed by atoms with E-state index in [9.17, 15) is 14.7 Å². The molecule has 2 atom stereocenters. The molecule has 0 aliphatic rings. The minimum absolute atomic E-state index is 0.334. The molecule has 0 saturated heterocycles. The lowest BCUT2D eigenvalue weighted by Crippen LogP contribution is -2.31. The van der Waals surface area contributed by atoms with Gasteiger partial charge in [0.1, 0.15) is 0 Å². The third-order valence-corrected chi connectivity index (χ3v) is 3.33. The van der Waals surface area contributed by atoms with Crippen molar-refractivity contribution in [3.8, 4) is 0 Å². The van der Waals surface area contributed by atoms with Gasteiger partial charge in [-0.25, -0.2) is 0 Å². The molecule has 4 nitrogen and oxygen atoms in total. The quantitative estimate of drug-likeness (QED) is 0.586. The van der Waals surface area contributed by atoms with E-state index in [-0.39, 0.29) is 0 Å². The lowest BCUT2D eigenvalue weighted by Gasteiger charge is -2.19. The molecule has 0 aromatic heterocycles. The van der Waals surface area contributed by atoms with Gasteiger partial charge in [-0.3, -0.25) is 9.59 Å². The Morgan fingerprint density at radius 1 is 1.25 bits per heavy atom. The molecule has 0 amide bonds.